The molecule has 1 aliphatic rings. The molecule has 0 saturated carbocycles. The molecule has 2 heterocycles. The van der Waals surface area contributed by atoms with E-state index >= 15 is 0 Å². The van der Waals surface area contributed by atoms with Gasteiger partial charge in [-0.2, -0.15) is 0 Å². The summed E-state index contributed by atoms with van der Waals surface area (Å²) in [5.41, 5.74) is 0. The van der Waals surface area contributed by atoms with Crippen LogP contribution in [0.1, 0.15) is 18.7 Å². The Kier molecular flexibility index (Phi) is 3.18. The van der Waals surface area contributed by atoms with E-state index in [1.54, 1.807) is 0 Å². The van der Waals surface area contributed by atoms with Crippen LogP contribution in [0, 0.1) is 5.92 Å². The molecule has 1 unspecified atom stereocenters. The molecule has 1 N–H and O–H groups in total. The van der Waals surface area contributed by atoms with E-state index in [1.165, 1.54) is 25.9 Å². The second-order valence-electron chi connectivity index (χ2n) is 3.82. The average molecular weight is 259 g/mol. The molecule has 4 nitrogen and oxygen atoms in total. The third-order valence-electron chi connectivity index (χ3n) is 2.77. The SMILES string of the molecule is Cn1nc(Br)nc1CCC1CCNC1. The Bertz CT molecular complexity index is 304. The lowest BCUT2D eigenvalue weighted by Crippen LogP contribution is -2.10. The van der Waals surface area contributed by atoms with Gasteiger partial charge in [0.1, 0.15) is 5.82 Å². The highest BCUT2D eigenvalue weighted by Crippen LogP contribution is 2.15. The van der Waals surface area contributed by atoms with Crippen molar-refractivity contribution in [1.82, 2.24) is 20.1 Å². The number of nitrogens with zero attached hydrogens (tertiary/aromatic N) is 3. The molecule has 78 valence electrons. The van der Waals surface area contributed by atoms with E-state index in [0.717, 1.165) is 18.2 Å². The van der Waals surface area contributed by atoms with Crippen molar-refractivity contribution in [3.8, 4) is 0 Å². The molecular formula is C9H15BrN4. The zero-order chi connectivity index (χ0) is 9.97. The maximum Gasteiger partial charge on any atom is 0.217 e. The van der Waals surface area contributed by atoms with Crippen LogP contribution < -0.4 is 5.32 Å². The third kappa shape index (κ3) is 2.33. The molecule has 1 aromatic rings. The maximum atomic E-state index is 4.32. The van der Waals surface area contributed by atoms with Crippen molar-refractivity contribution in [3.05, 3.63) is 10.6 Å². The molecule has 0 amide bonds. The van der Waals surface area contributed by atoms with Gasteiger partial charge in [0.05, 0.1) is 0 Å². The fourth-order valence-electron chi connectivity index (χ4n) is 1.89. The van der Waals surface area contributed by atoms with Crippen molar-refractivity contribution in [1.29, 1.82) is 0 Å². The predicted octanol–water partition coefficient (Wildman–Crippen LogP) is 1.12. The van der Waals surface area contributed by atoms with Gasteiger partial charge in [-0.1, -0.05) is 0 Å². The first-order valence-corrected chi connectivity index (χ1v) is 5.81. The molecule has 0 spiro atoms. The monoisotopic (exact) mass is 258 g/mol. The minimum atomic E-state index is 0.694. The Balaban J connectivity index is 1.87. The average Bonchev–Trinajstić information content (AvgIpc) is 2.72. The topological polar surface area (TPSA) is 42.7 Å². The first kappa shape index (κ1) is 10.1. The number of hydrogen-bond acceptors (Lipinski definition) is 3. The van der Waals surface area contributed by atoms with E-state index < -0.39 is 0 Å². The molecular weight excluding hydrogens is 244 g/mol. The van der Waals surface area contributed by atoms with E-state index in [0.29, 0.717) is 4.73 Å². The summed E-state index contributed by atoms with van der Waals surface area (Å²) in [6.07, 6.45) is 3.55. The Morgan fingerprint density at radius 2 is 2.50 bits per heavy atom. The molecule has 1 saturated heterocycles. The van der Waals surface area contributed by atoms with Crippen LogP contribution in [0.5, 0.6) is 0 Å². The first-order valence-electron chi connectivity index (χ1n) is 5.02. The van der Waals surface area contributed by atoms with Crippen LogP contribution in [0.3, 0.4) is 0 Å². The molecule has 1 fully saturated rings. The summed E-state index contributed by atoms with van der Waals surface area (Å²) in [5.74, 6) is 1.90. The molecule has 0 radical (unpaired) electrons. The van der Waals surface area contributed by atoms with Gasteiger partial charge >= 0.3 is 0 Å². The highest BCUT2D eigenvalue weighted by Gasteiger charge is 2.15. The molecule has 0 aromatic carbocycles. The normalized spacial score (nSPS) is 21.7. The molecule has 14 heavy (non-hydrogen) atoms. The van der Waals surface area contributed by atoms with Crippen LogP contribution in [0.15, 0.2) is 4.73 Å². The first-order chi connectivity index (χ1) is 6.75. The minimum absolute atomic E-state index is 0.694. The van der Waals surface area contributed by atoms with E-state index in [9.17, 15) is 0 Å². The summed E-state index contributed by atoms with van der Waals surface area (Å²) in [6, 6.07) is 0. The summed E-state index contributed by atoms with van der Waals surface area (Å²) >= 11 is 3.28. The van der Waals surface area contributed by atoms with Gasteiger partial charge in [-0.15, -0.1) is 5.10 Å². The molecule has 0 bridgehead atoms. The Labute approximate surface area is 92.2 Å². The fraction of sp³-hybridized carbons (Fsp3) is 0.778. The zero-order valence-electron chi connectivity index (χ0n) is 8.33. The lowest BCUT2D eigenvalue weighted by Gasteiger charge is -2.06. The summed E-state index contributed by atoms with van der Waals surface area (Å²) in [7, 11) is 1.94. The van der Waals surface area contributed by atoms with Crippen molar-refractivity contribution in [2.75, 3.05) is 13.1 Å². The minimum Gasteiger partial charge on any atom is -0.316 e. The number of rotatable bonds is 3. The lowest BCUT2D eigenvalue weighted by atomic mass is 10.0. The molecule has 5 heteroatoms. The smallest absolute Gasteiger partial charge is 0.217 e. The van der Waals surface area contributed by atoms with Crippen molar-refractivity contribution >= 4 is 15.9 Å². The van der Waals surface area contributed by atoms with Crippen LogP contribution in [0.25, 0.3) is 0 Å². The van der Waals surface area contributed by atoms with Crippen LogP contribution in [-0.2, 0) is 13.5 Å². The second-order valence-corrected chi connectivity index (χ2v) is 4.53. The highest BCUT2D eigenvalue weighted by atomic mass is 79.9. The van der Waals surface area contributed by atoms with Gasteiger partial charge in [-0.25, -0.2) is 4.98 Å². The summed E-state index contributed by atoms with van der Waals surface area (Å²) in [4.78, 5) is 4.32. The molecule has 1 aliphatic heterocycles. The van der Waals surface area contributed by atoms with Crippen molar-refractivity contribution in [2.24, 2.45) is 13.0 Å². The van der Waals surface area contributed by atoms with Gasteiger partial charge in [0.15, 0.2) is 0 Å². The predicted molar refractivity (Wildman–Crippen MR) is 58.0 cm³/mol. The molecule has 0 aliphatic carbocycles. The number of halogens is 1. The molecule has 1 atom stereocenters. The van der Waals surface area contributed by atoms with E-state index in [2.05, 4.69) is 31.3 Å². The fourth-order valence-corrected chi connectivity index (χ4v) is 2.34. The van der Waals surface area contributed by atoms with Crippen molar-refractivity contribution in [2.45, 2.75) is 19.3 Å². The van der Waals surface area contributed by atoms with Gasteiger partial charge in [0.25, 0.3) is 0 Å². The summed E-state index contributed by atoms with van der Waals surface area (Å²) < 4.78 is 2.55. The van der Waals surface area contributed by atoms with E-state index in [-0.39, 0.29) is 0 Å². The second kappa shape index (κ2) is 4.40. The van der Waals surface area contributed by atoms with Crippen LogP contribution in [-0.4, -0.2) is 27.9 Å². The van der Waals surface area contributed by atoms with E-state index in [1.807, 2.05) is 11.7 Å². The molecule has 1 aromatic heterocycles. The molecule has 2 rings (SSSR count). The lowest BCUT2D eigenvalue weighted by molar-refractivity contribution is 0.515. The van der Waals surface area contributed by atoms with E-state index in [4.69, 9.17) is 0 Å². The Morgan fingerprint density at radius 1 is 1.64 bits per heavy atom. The van der Waals surface area contributed by atoms with Crippen LogP contribution in [0.4, 0.5) is 0 Å². The van der Waals surface area contributed by atoms with Gasteiger partial charge in [0, 0.05) is 13.5 Å². The van der Waals surface area contributed by atoms with Crippen LogP contribution in [0.2, 0.25) is 0 Å². The maximum absolute atomic E-state index is 4.32. The number of aromatic nitrogens is 3. The van der Waals surface area contributed by atoms with Crippen LogP contribution >= 0.6 is 15.9 Å². The van der Waals surface area contributed by atoms with Gasteiger partial charge < -0.3 is 5.32 Å². The van der Waals surface area contributed by atoms with Gasteiger partial charge in [-0.3, -0.25) is 4.68 Å². The summed E-state index contributed by atoms with van der Waals surface area (Å²) in [6.45, 7) is 2.34. The number of nitrogens with one attached hydrogen (secondary N) is 1. The standard InChI is InChI=1S/C9H15BrN4/c1-14-8(12-9(10)13-14)3-2-7-4-5-11-6-7/h7,11H,2-6H2,1H3. The zero-order valence-corrected chi connectivity index (χ0v) is 9.92. The number of aryl methyl sites for hydroxylation is 2. The van der Waals surface area contributed by atoms with Gasteiger partial charge in [-0.05, 0) is 47.8 Å². The quantitative estimate of drug-likeness (QED) is 0.884. The van der Waals surface area contributed by atoms with Crippen molar-refractivity contribution in [3.63, 3.8) is 0 Å². The van der Waals surface area contributed by atoms with Gasteiger partial charge in [0.2, 0.25) is 4.73 Å². The Morgan fingerprint density at radius 3 is 3.07 bits per heavy atom. The largest absolute Gasteiger partial charge is 0.316 e. The summed E-state index contributed by atoms with van der Waals surface area (Å²) in [5, 5.41) is 7.54. The number of hydrogen-bond donors (Lipinski definition) is 1. The highest BCUT2D eigenvalue weighted by molar-refractivity contribution is 9.10. The third-order valence-corrected chi connectivity index (χ3v) is 3.10. The Hall–Kier alpha value is -0.420. The van der Waals surface area contributed by atoms with Crippen molar-refractivity contribution < 1.29 is 0 Å².